The van der Waals surface area contributed by atoms with Crippen LogP contribution >= 0.6 is 11.6 Å². The number of likely N-dealkylation sites (tertiary alicyclic amines) is 1. The Hall–Kier alpha value is -3.13. The largest absolute Gasteiger partial charge is 0.490 e. The fourth-order valence-corrected chi connectivity index (χ4v) is 5.41. The van der Waals surface area contributed by atoms with Crippen LogP contribution in [0, 0.1) is 12.7 Å². The van der Waals surface area contributed by atoms with Crippen molar-refractivity contribution >= 4 is 22.6 Å². The molecule has 1 atom stereocenters. The predicted molar refractivity (Wildman–Crippen MR) is 150 cm³/mol. The molecule has 0 spiro atoms. The second kappa shape index (κ2) is 11.5. The van der Waals surface area contributed by atoms with Crippen molar-refractivity contribution in [3.05, 3.63) is 88.5 Å². The van der Waals surface area contributed by atoms with Crippen LogP contribution in [0.5, 0.6) is 11.5 Å². The molecule has 8 heteroatoms. The molecule has 6 rings (SSSR count). The van der Waals surface area contributed by atoms with Crippen LogP contribution in [-0.4, -0.2) is 46.4 Å². The maximum Gasteiger partial charge on any atom is 0.131 e. The maximum absolute atomic E-state index is 14.1. The number of halogens is 2. The Kier molecular flexibility index (Phi) is 7.73. The molecule has 1 aromatic heterocycles. The quantitative estimate of drug-likeness (QED) is 0.237. The van der Waals surface area contributed by atoms with E-state index >= 15 is 0 Å². The maximum atomic E-state index is 14.1. The number of aryl methyl sites for hydroxylation is 1. The summed E-state index contributed by atoms with van der Waals surface area (Å²) in [6.07, 6.45) is 3.40. The molecule has 2 saturated heterocycles. The minimum absolute atomic E-state index is 0.127. The first kappa shape index (κ1) is 26.1. The Labute approximate surface area is 233 Å². The number of benzene rings is 3. The van der Waals surface area contributed by atoms with Crippen LogP contribution in [0.2, 0.25) is 5.02 Å². The zero-order valence-corrected chi connectivity index (χ0v) is 22.9. The van der Waals surface area contributed by atoms with Gasteiger partial charge in [-0.15, -0.1) is 0 Å². The molecule has 0 radical (unpaired) electrons. The number of ether oxygens (including phenoxy) is 3. The van der Waals surface area contributed by atoms with Crippen LogP contribution in [0.3, 0.4) is 0 Å². The molecule has 39 heavy (non-hydrogen) atoms. The van der Waals surface area contributed by atoms with E-state index in [0.717, 1.165) is 69.1 Å². The highest BCUT2D eigenvalue weighted by Gasteiger charge is 2.25. The van der Waals surface area contributed by atoms with Gasteiger partial charge in [0.2, 0.25) is 0 Å². The van der Waals surface area contributed by atoms with Gasteiger partial charge >= 0.3 is 0 Å². The van der Waals surface area contributed by atoms with Crippen molar-refractivity contribution in [3.63, 3.8) is 0 Å². The summed E-state index contributed by atoms with van der Waals surface area (Å²) < 4.78 is 34.3. The van der Waals surface area contributed by atoms with Gasteiger partial charge in [-0.05, 0) is 68.1 Å². The lowest BCUT2D eigenvalue weighted by Crippen LogP contribution is -2.39. The minimum atomic E-state index is -0.372. The number of fused-ring (bicyclic) bond motifs is 1. The van der Waals surface area contributed by atoms with Gasteiger partial charge < -0.3 is 18.8 Å². The molecule has 0 amide bonds. The summed E-state index contributed by atoms with van der Waals surface area (Å²) in [7, 11) is 0. The van der Waals surface area contributed by atoms with Crippen LogP contribution in [-0.2, 0) is 24.4 Å². The Morgan fingerprint density at radius 2 is 1.85 bits per heavy atom. The van der Waals surface area contributed by atoms with Gasteiger partial charge in [0.1, 0.15) is 35.9 Å². The molecule has 4 aromatic rings. The second-order valence-electron chi connectivity index (χ2n) is 10.5. The van der Waals surface area contributed by atoms with Crippen molar-refractivity contribution < 1.29 is 18.6 Å². The van der Waals surface area contributed by atoms with Crippen molar-refractivity contribution in [2.24, 2.45) is 0 Å². The first-order valence-corrected chi connectivity index (χ1v) is 14.0. The predicted octanol–water partition coefficient (Wildman–Crippen LogP) is 6.55. The molecule has 2 aliphatic rings. The van der Waals surface area contributed by atoms with Gasteiger partial charge in [0.25, 0.3) is 0 Å². The second-order valence-corrected chi connectivity index (χ2v) is 10.9. The summed E-state index contributed by atoms with van der Waals surface area (Å²) in [6.45, 7) is 6.67. The highest BCUT2D eigenvalue weighted by molar-refractivity contribution is 6.30. The molecule has 0 N–H and O–H groups in total. The molecule has 204 valence electrons. The normalized spacial score (nSPS) is 18.3. The van der Waals surface area contributed by atoms with Gasteiger partial charge in [0.05, 0.1) is 30.2 Å². The lowest BCUT2D eigenvalue weighted by Gasteiger charge is -2.32. The van der Waals surface area contributed by atoms with Gasteiger partial charge in [0.15, 0.2) is 0 Å². The summed E-state index contributed by atoms with van der Waals surface area (Å²) >= 11 is 5.84. The standard InChI is InChI=1S/C31H33ClFN3O3/c1-21-5-8-29-30(15-21)36(18-27-11-14-37-27)31(34-29)19-35-12-9-24(10-13-35)39-26-4-2-3-25(17-26)38-20-22-6-7-23(32)16-28(22)33/h2-8,15-17,24,27H,9-14,18-20H2,1H3/t27-/m0/s1. The average Bonchev–Trinajstić information content (AvgIpc) is 3.23. The van der Waals surface area contributed by atoms with Crippen LogP contribution < -0.4 is 9.47 Å². The average molecular weight is 550 g/mol. The van der Waals surface area contributed by atoms with E-state index < -0.39 is 0 Å². The Morgan fingerprint density at radius 3 is 2.62 bits per heavy atom. The van der Waals surface area contributed by atoms with Crippen LogP contribution in [0.25, 0.3) is 11.0 Å². The fraction of sp³-hybridized carbons (Fsp3) is 0.387. The first-order chi connectivity index (χ1) is 19.0. The van der Waals surface area contributed by atoms with Crippen LogP contribution in [0.15, 0.2) is 60.7 Å². The number of nitrogens with zero attached hydrogens (tertiary/aromatic N) is 3. The number of hydrogen-bond donors (Lipinski definition) is 0. The molecule has 0 unspecified atom stereocenters. The molecule has 0 bridgehead atoms. The number of piperidine rings is 1. The van der Waals surface area contributed by atoms with Crippen LogP contribution in [0.4, 0.5) is 4.39 Å². The number of hydrogen-bond acceptors (Lipinski definition) is 5. The lowest BCUT2D eigenvalue weighted by molar-refractivity contribution is -0.0592. The third-order valence-corrected chi connectivity index (χ3v) is 7.81. The van der Waals surface area contributed by atoms with E-state index in [9.17, 15) is 4.39 Å². The minimum Gasteiger partial charge on any atom is -0.490 e. The molecule has 2 fully saturated rings. The number of aromatic nitrogens is 2. The molecular formula is C31H33ClFN3O3. The molecule has 6 nitrogen and oxygen atoms in total. The third-order valence-electron chi connectivity index (χ3n) is 7.58. The summed E-state index contributed by atoms with van der Waals surface area (Å²) in [5, 5.41) is 0.370. The van der Waals surface area contributed by atoms with E-state index in [2.05, 4.69) is 34.6 Å². The Balaban J connectivity index is 1.05. The summed E-state index contributed by atoms with van der Waals surface area (Å²) in [5.41, 5.74) is 3.95. The van der Waals surface area contributed by atoms with E-state index in [1.165, 1.54) is 17.1 Å². The molecule has 0 aliphatic carbocycles. The number of rotatable bonds is 9. The van der Waals surface area contributed by atoms with Crippen molar-refractivity contribution in [3.8, 4) is 11.5 Å². The van der Waals surface area contributed by atoms with Crippen LogP contribution in [0.1, 0.15) is 36.2 Å². The van der Waals surface area contributed by atoms with Crippen molar-refractivity contribution in [1.82, 2.24) is 14.5 Å². The van der Waals surface area contributed by atoms with E-state index in [1.54, 1.807) is 12.1 Å². The van der Waals surface area contributed by atoms with Gasteiger partial charge in [0, 0.05) is 36.3 Å². The highest BCUT2D eigenvalue weighted by atomic mass is 35.5. The Bertz CT molecular complexity index is 1450. The van der Waals surface area contributed by atoms with E-state index in [-0.39, 0.29) is 24.6 Å². The third kappa shape index (κ3) is 6.21. The summed E-state index contributed by atoms with van der Waals surface area (Å²) in [4.78, 5) is 7.46. The molecule has 3 aromatic carbocycles. The van der Waals surface area contributed by atoms with Gasteiger partial charge in [-0.2, -0.15) is 0 Å². The molecular weight excluding hydrogens is 517 g/mol. The monoisotopic (exact) mass is 549 g/mol. The summed E-state index contributed by atoms with van der Waals surface area (Å²) in [5.74, 6) is 2.14. The van der Waals surface area contributed by atoms with Gasteiger partial charge in [-0.3, -0.25) is 4.90 Å². The summed E-state index contributed by atoms with van der Waals surface area (Å²) in [6, 6.07) is 18.6. The van der Waals surface area contributed by atoms with E-state index in [4.69, 9.17) is 30.8 Å². The molecule has 2 aliphatic heterocycles. The van der Waals surface area contributed by atoms with E-state index in [1.807, 2.05) is 24.3 Å². The highest BCUT2D eigenvalue weighted by Crippen LogP contribution is 2.27. The smallest absolute Gasteiger partial charge is 0.131 e. The zero-order chi connectivity index (χ0) is 26.8. The fourth-order valence-electron chi connectivity index (χ4n) is 5.25. The van der Waals surface area contributed by atoms with Gasteiger partial charge in [-0.25, -0.2) is 9.37 Å². The molecule has 3 heterocycles. The van der Waals surface area contributed by atoms with Crippen molar-refractivity contribution in [2.45, 2.75) is 58.1 Å². The SMILES string of the molecule is Cc1ccc2nc(CN3CCC(Oc4cccc(OCc5ccc(Cl)cc5F)c4)CC3)n(C[C@@H]3CCO3)c2c1. The zero-order valence-electron chi connectivity index (χ0n) is 22.1. The van der Waals surface area contributed by atoms with Gasteiger partial charge in [-0.1, -0.05) is 29.8 Å². The van der Waals surface area contributed by atoms with E-state index in [0.29, 0.717) is 16.3 Å². The lowest BCUT2D eigenvalue weighted by atomic mass is 10.1. The van der Waals surface area contributed by atoms with Crippen molar-refractivity contribution in [2.75, 3.05) is 19.7 Å². The topological polar surface area (TPSA) is 48.8 Å². The molecule has 0 saturated carbocycles. The van der Waals surface area contributed by atoms with Crippen molar-refractivity contribution in [1.29, 1.82) is 0 Å². The number of imidazole rings is 1. The Morgan fingerprint density at radius 1 is 1.03 bits per heavy atom. The first-order valence-electron chi connectivity index (χ1n) is 13.6.